The van der Waals surface area contributed by atoms with Crippen molar-refractivity contribution < 1.29 is 18.3 Å². The first-order valence-electron chi connectivity index (χ1n) is 7.66. The van der Waals surface area contributed by atoms with Crippen molar-refractivity contribution in [2.75, 3.05) is 5.75 Å². The zero-order valence-electron chi connectivity index (χ0n) is 13.7. The number of aromatic nitrogens is 2. The fourth-order valence-electron chi connectivity index (χ4n) is 2.36. The Morgan fingerprint density at radius 1 is 1.23 bits per heavy atom. The molecule has 0 saturated heterocycles. The van der Waals surface area contributed by atoms with Gasteiger partial charge in [-0.05, 0) is 37.3 Å². The predicted molar refractivity (Wildman–Crippen MR) is 93.1 cm³/mol. The Hall–Kier alpha value is -2.74. The second-order valence-corrected chi connectivity index (χ2v) is 6.49. The van der Waals surface area contributed by atoms with Crippen LogP contribution in [0, 0.1) is 18.6 Å². The van der Waals surface area contributed by atoms with Gasteiger partial charge < -0.3 is 4.74 Å². The number of pyridine rings is 1. The molecule has 0 spiro atoms. The van der Waals surface area contributed by atoms with E-state index in [-0.39, 0.29) is 22.8 Å². The van der Waals surface area contributed by atoms with Crippen molar-refractivity contribution in [2.45, 2.75) is 18.4 Å². The van der Waals surface area contributed by atoms with Gasteiger partial charge in [0.25, 0.3) is 5.56 Å². The van der Waals surface area contributed by atoms with E-state index in [4.69, 9.17) is 4.74 Å². The molecule has 3 rings (SSSR count). The molecule has 8 heteroatoms. The first-order chi connectivity index (χ1) is 12.4. The van der Waals surface area contributed by atoms with E-state index in [1.165, 1.54) is 10.5 Å². The van der Waals surface area contributed by atoms with Crippen molar-refractivity contribution in [3.05, 3.63) is 75.8 Å². The zero-order chi connectivity index (χ0) is 18.7. The van der Waals surface area contributed by atoms with E-state index in [1.807, 2.05) is 0 Å². The summed E-state index contributed by atoms with van der Waals surface area (Å²) < 4.78 is 33.1. The molecule has 0 atom stereocenters. The summed E-state index contributed by atoms with van der Waals surface area (Å²) in [5, 5.41) is 0. The molecule has 0 saturated carbocycles. The van der Waals surface area contributed by atoms with Gasteiger partial charge in [0.1, 0.15) is 23.9 Å². The van der Waals surface area contributed by atoms with E-state index in [2.05, 4.69) is 4.98 Å². The molecule has 0 unspecified atom stereocenters. The number of thioether (sulfide) groups is 1. The summed E-state index contributed by atoms with van der Waals surface area (Å²) in [6.07, 6.45) is 0. The molecule has 0 N–H and O–H groups in total. The highest BCUT2D eigenvalue weighted by Crippen LogP contribution is 2.22. The number of hydrogen-bond acceptors (Lipinski definition) is 5. The van der Waals surface area contributed by atoms with Crippen molar-refractivity contribution >= 4 is 23.4 Å². The van der Waals surface area contributed by atoms with E-state index in [0.717, 1.165) is 35.7 Å². The summed E-state index contributed by atoms with van der Waals surface area (Å²) in [6, 6.07) is 9.56. The lowest BCUT2D eigenvalue weighted by molar-refractivity contribution is -0.141. The molecule has 0 aliphatic carbocycles. The van der Waals surface area contributed by atoms with Gasteiger partial charge >= 0.3 is 5.97 Å². The van der Waals surface area contributed by atoms with Crippen LogP contribution in [0.25, 0.3) is 5.65 Å². The third kappa shape index (κ3) is 4.08. The largest absolute Gasteiger partial charge is 0.459 e. The smallest absolute Gasteiger partial charge is 0.316 e. The standard InChI is InChI=1S/C18H14F2N2O3S/c1-11-3-2-4-16-21-13(8-17(23)22(11)16)9-25-18(24)10-26-15-7-12(19)5-6-14(15)20/h2-8H,9-10H2,1H3. The number of halogens is 2. The maximum absolute atomic E-state index is 13.5. The third-order valence-corrected chi connectivity index (χ3v) is 4.56. The lowest BCUT2D eigenvalue weighted by atomic mass is 10.3. The summed E-state index contributed by atoms with van der Waals surface area (Å²) in [7, 11) is 0. The first kappa shape index (κ1) is 18.1. The number of aryl methyl sites for hydroxylation is 1. The maximum Gasteiger partial charge on any atom is 0.316 e. The van der Waals surface area contributed by atoms with Gasteiger partial charge in [0.2, 0.25) is 0 Å². The number of carbonyl (C=O) groups is 1. The van der Waals surface area contributed by atoms with Crippen molar-refractivity contribution in [3.8, 4) is 0 Å². The van der Waals surface area contributed by atoms with E-state index in [9.17, 15) is 18.4 Å². The molecule has 0 amide bonds. The van der Waals surface area contributed by atoms with Gasteiger partial charge in [-0.3, -0.25) is 14.0 Å². The van der Waals surface area contributed by atoms with Crippen molar-refractivity contribution in [1.82, 2.24) is 9.38 Å². The molecule has 0 radical (unpaired) electrons. The minimum atomic E-state index is -0.620. The molecule has 5 nitrogen and oxygen atoms in total. The van der Waals surface area contributed by atoms with Crippen LogP contribution in [-0.4, -0.2) is 21.1 Å². The van der Waals surface area contributed by atoms with Gasteiger partial charge in [0, 0.05) is 16.7 Å². The maximum atomic E-state index is 13.5. The van der Waals surface area contributed by atoms with Crippen LogP contribution in [0.15, 0.2) is 52.2 Å². The number of carbonyl (C=O) groups excluding carboxylic acids is 1. The van der Waals surface area contributed by atoms with E-state index in [0.29, 0.717) is 11.3 Å². The number of esters is 1. The van der Waals surface area contributed by atoms with Crippen LogP contribution in [0.3, 0.4) is 0 Å². The normalized spacial score (nSPS) is 10.9. The van der Waals surface area contributed by atoms with Gasteiger partial charge in [-0.25, -0.2) is 13.8 Å². The average molecular weight is 376 g/mol. The molecule has 1 aromatic carbocycles. The van der Waals surface area contributed by atoms with Crippen LogP contribution >= 0.6 is 11.8 Å². The fraction of sp³-hybridized carbons (Fsp3) is 0.167. The molecular formula is C18H14F2N2O3S. The van der Waals surface area contributed by atoms with Gasteiger partial charge in [0.05, 0.1) is 11.4 Å². The summed E-state index contributed by atoms with van der Waals surface area (Å²) in [4.78, 5) is 28.3. The highest BCUT2D eigenvalue weighted by molar-refractivity contribution is 8.00. The van der Waals surface area contributed by atoms with Crippen LogP contribution in [0.2, 0.25) is 0 Å². The van der Waals surface area contributed by atoms with Gasteiger partial charge in [0.15, 0.2) is 0 Å². The average Bonchev–Trinajstić information content (AvgIpc) is 2.60. The van der Waals surface area contributed by atoms with Crippen molar-refractivity contribution in [1.29, 1.82) is 0 Å². The van der Waals surface area contributed by atoms with Crippen molar-refractivity contribution in [2.24, 2.45) is 0 Å². The molecule has 0 bridgehead atoms. The second-order valence-electron chi connectivity index (χ2n) is 5.47. The third-order valence-electron chi connectivity index (χ3n) is 3.55. The summed E-state index contributed by atoms with van der Waals surface area (Å²) in [5.74, 6) is -2.00. The van der Waals surface area contributed by atoms with Crippen LogP contribution in [0.5, 0.6) is 0 Å². The highest BCUT2D eigenvalue weighted by atomic mass is 32.2. The molecule has 2 heterocycles. The zero-order valence-corrected chi connectivity index (χ0v) is 14.6. The van der Waals surface area contributed by atoms with Gasteiger partial charge in [-0.15, -0.1) is 11.8 Å². The Bertz CT molecular complexity index is 1040. The lowest BCUT2D eigenvalue weighted by Crippen LogP contribution is -2.18. The molecular weight excluding hydrogens is 362 g/mol. The number of ether oxygens (including phenoxy) is 1. The van der Waals surface area contributed by atoms with Gasteiger partial charge in [-0.2, -0.15) is 0 Å². The summed E-state index contributed by atoms with van der Waals surface area (Å²) >= 11 is 0.836. The molecule has 3 aromatic rings. The van der Waals surface area contributed by atoms with Crippen LogP contribution in [-0.2, 0) is 16.1 Å². The Balaban J connectivity index is 1.64. The molecule has 134 valence electrons. The lowest BCUT2D eigenvalue weighted by Gasteiger charge is -2.08. The van der Waals surface area contributed by atoms with Crippen molar-refractivity contribution in [3.63, 3.8) is 0 Å². The van der Waals surface area contributed by atoms with Gasteiger partial charge in [-0.1, -0.05) is 6.07 Å². The number of nitrogens with zero attached hydrogens (tertiary/aromatic N) is 2. The summed E-state index contributed by atoms with van der Waals surface area (Å²) in [6.45, 7) is 1.61. The SMILES string of the molecule is Cc1cccc2nc(COC(=O)CSc3cc(F)ccc3F)cc(=O)n12. The monoisotopic (exact) mass is 376 g/mol. The number of benzene rings is 1. The highest BCUT2D eigenvalue weighted by Gasteiger charge is 2.11. The number of rotatable bonds is 5. The Kier molecular flexibility index (Phi) is 5.32. The minimum Gasteiger partial charge on any atom is -0.459 e. The Labute approximate surface area is 151 Å². The van der Waals surface area contributed by atoms with Crippen LogP contribution in [0.1, 0.15) is 11.4 Å². The minimum absolute atomic E-state index is 0.0273. The second kappa shape index (κ2) is 7.65. The molecule has 2 aromatic heterocycles. The topological polar surface area (TPSA) is 60.7 Å². The molecule has 0 fully saturated rings. The Morgan fingerprint density at radius 3 is 2.85 bits per heavy atom. The summed E-state index contributed by atoms with van der Waals surface area (Å²) in [5.41, 5.74) is 1.25. The molecule has 0 aliphatic heterocycles. The van der Waals surface area contributed by atoms with E-state index >= 15 is 0 Å². The predicted octanol–water partition coefficient (Wildman–Crippen LogP) is 3.12. The van der Waals surface area contributed by atoms with E-state index < -0.39 is 17.6 Å². The number of hydrogen-bond donors (Lipinski definition) is 0. The quantitative estimate of drug-likeness (QED) is 0.506. The first-order valence-corrected chi connectivity index (χ1v) is 8.64. The van der Waals surface area contributed by atoms with Crippen LogP contribution < -0.4 is 5.56 Å². The molecule has 0 aliphatic rings. The molecule has 26 heavy (non-hydrogen) atoms. The van der Waals surface area contributed by atoms with Crippen LogP contribution in [0.4, 0.5) is 8.78 Å². The Morgan fingerprint density at radius 2 is 2.04 bits per heavy atom. The van der Waals surface area contributed by atoms with E-state index in [1.54, 1.807) is 25.1 Å². The fourth-order valence-corrected chi connectivity index (χ4v) is 3.12. The number of fused-ring (bicyclic) bond motifs is 1.